The number of aromatic nitrogens is 10. The van der Waals surface area contributed by atoms with Gasteiger partial charge >= 0.3 is 32.8 Å². The molecule has 0 spiro atoms. The maximum Gasteiger partial charge on any atom is 0.488 e. The molecule has 37 heteroatoms. The van der Waals surface area contributed by atoms with Crippen molar-refractivity contribution in [3.8, 4) is 73.1 Å². The van der Waals surface area contributed by atoms with Gasteiger partial charge in [0.1, 0.15) is 15.5 Å². The Balaban J connectivity index is 0.000000167. The van der Waals surface area contributed by atoms with Crippen LogP contribution >= 0.6 is 139 Å². The van der Waals surface area contributed by atoms with Gasteiger partial charge in [-0.3, -0.25) is 0 Å². The lowest BCUT2D eigenvalue weighted by Crippen LogP contribution is -2.29. The number of aryl methyl sites for hydroxylation is 2. The number of hydrogen-bond acceptors (Lipinski definition) is 12. The molecule has 0 amide bonds. The highest BCUT2D eigenvalue weighted by molar-refractivity contribution is 6.59. The van der Waals surface area contributed by atoms with Crippen molar-refractivity contribution in [1.29, 1.82) is 0 Å². The molecule has 0 saturated heterocycles. The first-order chi connectivity index (χ1) is 61.6. The van der Waals surface area contributed by atoms with Gasteiger partial charge in [-0.1, -0.05) is 228 Å². The molecule has 674 valence electrons. The SMILES string of the molecule is C.Cc1cc(-c2cc(-c3cccc(Cl)c3)nc(Cl)n2)cc(C(F)(F)F)c1.Cc1cc(Cl)cc(B(O)O)c1.Clc1cc(Cl)nc(Cl)n1.Clc1cccc(-c2cc(Cl)nc(Cl)n2)c1.FC(F)(F)c1cc(-c2cc(-c3cccc(Cl)c3)nc(Cl)n2)cc(C(F)(F)F)c1.OB(O)c1cccc(Cl)c1.[CH3-].c1ccc(-n2c3ccccc3c3cc(-c4ccc5c(c4)[nH]c4ccccc45)ccc32)cc1. The smallest absolute Gasteiger partial charge is 0.423 e. The molecule has 0 aliphatic rings. The third kappa shape index (κ3) is 28.2. The Hall–Kier alpha value is -10.6. The fourth-order valence-corrected chi connectivity index (χ4v) is 15.6. The number of aromatic amines is 1. The molecule has 0 saturated carbocycles. The summed E-state index contributed by atoms with van der Waals surface area (Å²) < 4.78 is 120. The van der Waals surface area contributed by atoms with Crippen LogP contribution in [0.15, 0.2) is 291 Å². The summed E-state index contributed by atoms with van der Waals surface area (Å²) in [6.07, 6.45) is -14.4. The van der Waals surface area contributed by atoms with Gasteiger partial charge in [0.25, 0.3) is 0 Å². The highest BCUT2D eigenvalue weighted by Gasteiger charge is 2.38. The first kappa shape index (κ1) is 103. The Bertz CT molecular complexity index is 6990. The average Bonchev–Trinajstić information content (AvgIpc) is 1.58. The number of rotatable bonds is 9. The summed E-state index contributed by atoms with van der Waals surface area (Å²) in [5.74, 6) is 0. The zero-order chi connectivity index (χ0) is 93.6. The van der Waals surface area contributed by atoms with Crippen LogP contribution in [0.25, 0.3) is 117 Å². The number of benzene rings is 12. The van der Waals surface area contributed by atoms with E-state index in [0.29, 0.717) is 92.7 Å². The van der Waals surface area contributed by atoms with E-state index in [9.17, 15) is 39.5 Å². The predicted octanol–water partition coefficient (Wildman–Crippen LogP) is 29.7. The normalized spacial score (nSPS) is 11.0. The molecular weight excluding hydrogens is 1960 g/mol. The van der Waals surface area contributed by atoms with Gasteiger partial charge in [0.15, 0.2) is 0 Å². The van der Waals surface area contributed by atoms with Crippen molar-refractivity contribution in [2.24, 2.45) is 0 Å². The standard InChI is InChI=1S/C30H20N2.C18H8Cl2F6N2.C18H11Cl2F3N2.C10H5Cl3N2.C7H8BClO2.C6H6BClO2.C4HCl3N2.CH4.CH3/c1-2-8-22(9-3-1)32-29-13-7-5-11-25(29)26-18-20(15-17-30(26)32)21-14-16-24-23-10-4-6-12-27(23)31-28(24)19-21;19-13-3-1-2-9(6-13)14-8-15(28-16(20)27-14)10-4-11(17(21,22)23)7-12(5-10)18(24,25)26;1-10-5-12(7-13(6-10)18(21,22)23)16-9-15(24-17(20)25-16)11-3-2-4-14(19)8-11;11-7-3-1-2-6(4-7)8-5-9(12)15-10(13)14-8;1-5-2-6(8(10)11)4-7(9)3-5;8-6-3-1-2-5(4-6)7(9)10;5-2-1-3(6)9-4(7)8-2;;/h1-19,31H;1-8H;2-9H,1H3;1-5H;2-4,10-11H,1H3;1-4,9-10H;1H;1H4;1H3/q;;;;;;;;-1. The van der Waals surface area contributed by atoms with Crippen molar-refractivity contribution in [2.75, 3.05) is 0 Å². The monoisotopic (exact) mass is 2020 g/mol. The molecule has 0 unspecified atom stereocenters. The molecule has 18 aromatic rings. The summed E-state index contributed by atoms with van der Waals surface area (Å²) in [4.78, 5) is 34.5. The Morgan fingerprint density at radius 3 is 1.14 bits per heavy atom. The van der Waals surface area contributed by atoms with Gasteiger partial charge in [0.05, 0.1) is 56.2 Å². The lowest BCUT2D eigenvalue weighted by molar-refractivity contribution is -0.143. The van der Waals surface area contributed by atoms with Crippen molar-refractivity contribution in [3.63, 3.8) is 0 Å². The number of alkyl halides is 9. The zero-order valence-corrected chi connectivity index (χ0v) is 76.7. The number of nitrogens with one attached hydrogen (secondary N) is 1. The molecule has 0 aliphatic carbocycles. The Kier molecular flexibility index (Phi) is 36.0. The number of nitrogens with zero attached hydrogens (tertiary/aromatic N) is 9. The number of para-hydroxylation sites is 3. The van der Waals surface area contributed by atoms with Crippen LogP contribution in [0, 0.1) is 21.3 Å². The third-order valence-electron chi connectivity index (χ3n) is 18.7. The number of fused-ring (bicyclic) bond motifs is 6. The largest absolute Gasteiger partial charge is 0.488 e. The molecule has 6 heterocycles. The molecule has 12 aromatic carbocycles. The van der Waals surface area contributed by atoms with E-state index in [1.165, 1.54) is 90.8 Å². The van der Waals surface area contributed by atoms with Crippen molar-refractivity contribution >= 4 is 208 Å². The summed E-state index contributed by atoms with van der Waals surface area (Å²) in [6.45, 7) is 3.44. The molecular formula is C95H66B2Cl12F9N10O4-. The molecule has 14 nitrogen and oxygen atoms in total. The van der Waals surface area contributed by atoms with Crippen molar-refractivity contribution in [3.05, 3.63) is 388 Å². The second-order valence-corrected chi connectivity index (χ2v) is 32.8. The molecule has 6 aromatic heterocycles. The Morgan fingerprint density at radius 2 is 0.667 bits per heavy atom. The van der Waals surface area contributed by atoms with Crippen LogP contribution in [0.3, 0.4) is 0 Å². The predicted molar refractivity (Wildman–Crippen MR) is 521 cm³/mol. The number of halogens is 21. The van der Waals surface area contributed by atoms with Gasteiger partial charge in [-0.2, -0.15) is 39.5 Å². The molecule has 18 rings (SSSR count). The molecule has 0 radical (unpaired) electrons. The van der Waals surface area contributed by atoms with E-state index in [-0.39, 0.29) is 63.7 Å². The number of hydrogen-bond donors (Lipinski definition) is 5. The van der Waals surface area contributed by atoms with Gasteiger partial charge in [0, 0.05) is 103 Å². The molecule has 0 fully saturated rings. The van der Waals surface area contributed by atoms with Crippen LogP contribution in [0.5, 0.6) is 0 Å². The van der Waals surface area contributed by atoms with Gasteiger partial charge in [-0.15, -0.1) is 0 Å². The van der Waals surface area contributed by atoms with Crippen molar-refractivity contribution < 1.29 is 59.6 Å². The average molecular weight is 2030 g/mol. The van der Waals surface area contributed by atoms with Crippen LogP contribution < -0.4 is 10.9 Å². The summed E-state index contributed by atoms with van der Waals surface area (Å²) in [6, 6.07) is 84.2. The second-order valence-electron chi connectivity index (χ2n) is 28.1. The quantitative estimate of drug-likeness (QED) is 0.0301. The molecule has 0 atom stereocenters. The maximum atomic E-state index is 13.1. The summed E-state index contributed by atoms with van der Waals surface area (Å²) >= 11 is 68.5. The Labute approximate surface area is 811 Å². The second kappa shape index (κ2) is 45.9. The van der Waals surface area contributed by atoms with Gasteiger partial charge in [0.2, 0.25) is 21.1 Å². The molecule has 0 aliphatic heterocycles. The van der Waals surface area contributed by atoms with E-state index >= 15 is 0 Å². The highest BCUT2D eigenvalue weighted by Crippen LogP contribution is 2.42. The van der Waals surface area contributed by atoms with Gasteiger partial charge in [-0.25, -0.2) is 39.9 Å². The zero-order valence-electron chi connectivity index (χ0n) is 67.6. The van der Waals surface area contributed by atoms with E-state index in [2.05, 4.69) is 165 Å². The minimum absolute atomic E-state index is 0. The molecule has 132 heavy (non-hydrogen) atoms. The van der Waals surface area contributed by atoms with Crippen LogP contribution in [-0.2, 0) is 18.5 Å². The van der Waals surface area contributed by atoms with Crippen LogP contribution in [0.1, 0.15) is 35.2 Å². The lowest BCUT2D eigenvalue weighted by atomic mass is 9.80. The van der Waals surface area contributed by atoms with E-state index in [4.69, 9.17) is 159 Å². The fraction of sp³-hybridized carbons (Fsp3) is 0.0632. The van der Waals surface area contributed by atoms with Crippen molar-refractivity contribution in [1.82, 2.24) is 49.4 Å². The Morgan fingerprint density at radius 1 is 0.280 bits per heavy atom. The van der Waals surface area contributed by atoms with Crippen LogP contribution in [0.4, 0.5) is 39.5 Å². The maximum absolute atomic E-state index is 13.1. The number of H-pyrrole nitrogens is 1. The highest BCUT2D eigenvalue weighted by atomic mass is 35.5. The summed E-state index contributed by atoms with van der Waals surface area (Å²) in [7, 11) is -2.87. The molecule has 5 N–H and O–H groups in total. The summed E-state index contributed by atoms with van der Waals surface area (Å²) in [5.41, 5.74) is 10.5. The summed E-state index contributed by atoms with van der Waals surface area (Å²) in [5, 5.41) is 43.1. The third-order valence-corrected chi connectivity index (χ3v) is 21.1. The van der Waals surface area contributed by atoms with Crippen molar-refractivity contribution in [2.45, 2.75) is 39.8 Å². The van der Waals surface area contributed by atoms with Crippen LogP contribution in [0.2, 0.25) is 61.7 Å². The topological polar surface area (TPSA) is 205 Å². The minimum atomic E-state index is -4.97. The van der Waals surface area contributed by atoms with E-state index in [0.717, 1.165) is 23.3 Å². The lowest BCUT2D eigenvalue weighted by Gasteiger charge is -2.14. The minimum Gasteiger partial charge on any atom is -0.423 e. The van der Waals surface area contributed by atoms with Gasteiger partial charge in [-0.05, 0) is 245 Å². The van der Waals surface area contributed by atoms with Gasteiger partial charge < -0.3 is 37.1 Å². The van der Waals surface area contributed by atoms with E-state index in [1.807, 2.05) is 19.1 Å². The molecule has 0 bridgehead atoms. The first-order valence-corrected chi connectivity index (χ1v) is 42.4. The van der Waals surface area contributed by atoms with E-state index < -0.39 is 55.0 Å². The first-order valence-electron chi connectivity index (χ1n) is 37.9. The van der Waals surface area contributed by atoms with E-state index in [1.54, 1.807) is 110 Å². The fourth-order valence-electron chi connectivity index (χ4n) is 13.1. The van der Waals surface area contributed by atoms with Crippen LogP contribution in [-0.4, -0.2) is 83.8 Å².